The average molecular weight is 422 g/mol. The molecule has 2 bridgehead atoms. The highest BCUT2D eigenvalue weighted by atomic mass is 19.2. The first-order valence-electron chi connectivity index (χ1n) is 9.56. The van der Waals surface area contributed by atoms with E-state index in [0.717, 1.165) is 6.07 Å². The fourth-order valence-electron chi connectivity index (χ4n) is 4.54. The van der Waals surface area contributed by atoms with Crippen LogP contribution in [0, 0.1) is 24.4 Å². The van der Waals surface area contributed by atoms with E-state index >= 15 is 0 Å². The summed E-state index contributed by atoms with van der Waals surface area (Å²) in [4.78, 5) is 30.9. The highest BCUT2D eigenvalue weighted by molar-refractivity contribution is 5.89. The molecule has 4 rings (SSSR count). The molecule has 3 heterocycles. The predicted molar refractivity (Wildman–Crippen MR) is 99.0 cm³/mol. The van der Waals surface area contributed by atoms with E-state index in [4.69, 9.17) is 10.5 Å². The summed E-state index contributed by atoms with van der Waals surface area (Å²) < 4.78 is 47.1. The fourth-order valence-corrected chi connectivity index (χ4v) is 4.54. The van der Waals surface area contributed by atoms with Crippen LogP contribution in [0.15, 0.2) is 12.1 Å². The van der Waals surface area contributed by atoms with Gasteiger partial charge in [-0.15, -0.1) is 0 Å². The number of esters is 1. The number of rotatable bonds is 5. The van der Waals surface area contributed by atoms with Crippen molar-refractivity contribution in [1.29, 1.82) is 0 Å². The number of likely N-dealkylation sites (tertiary alicyclic amines) is 1. The highest BCUT2D eigenvalue weighted by Gasteiger charge is 2.48. The number of hydrogen-bond acceptors (Lipinski definition) is 5. The van der Waals surface area contributed by atoms with Gasteiger partial charge < -0.3 is 19.9 Å². The summed E-state index contributed by atoms with van der Waals surface area (Å²) in [6.07, 6.45) is 0.463. The van der Waals surface area contributed by atoms with Crippen LogP contribution in [0.3, 0.4) is 0 Å². The second-order valence-corrected chi connectivity index (χ2v) is 7.73. The number of nitrogens with two attached hydrogens (primary N) is 1. The Balaban J connectivity index is 1.48. The molecule has 2 aromatic rings. The Bertz CT molecular complexity index is 1040. The monoisotopic (exact) mass is 422 g/mol. The standard InChI is InChI=1S/C20H21F3N4O3/c1-9-25-18(20(29)30-2)19-16-6-12(27(9)19)8-26(16)17(28)5-11(24)3-10-4-14(22)15(23)7-13(10)21/h4,7,11-12,16H,3,5-6,8,24H2,1-2H3/t11-,12+,16+/m1/s1. The van der Waals surface area contributed by atoms with Crippen LogP contribution in [0.1, 0.15) is 52.5 Å². The Morgan fingerprint density at radius 2 is 1.97 bits per heavy atom. The number of nitrogens with zero attached hydrogens (tertiary/aromatic N) is 3. The first-order valence-corrected chi connectivity index (χ1v) is 9.56. The second kappa shape index (κ2) is 7.42. The van der Waals surface area contributed by atoms with Crippen molar-refractivity contribution in [2.24, 2.45) is 5.73 Å². The number of fused-ring (bicyclic) bond motifs is 5. The Morgan fingerprint density at radius 1 is 1.27 bits per heavy atom. The number of methoxy groups -OCH3 is 1. The Labute approximate surface area is 170 Å². The zero-order valence-electron chi connectivity index (χ0n) is 16.5. The maximum Gasteiger partial charge on any atom is 0.358 e. The van der Waals surface area contributed by atoms with Crippen molar-refractivity contribution in [2.45, 2.75) is 44.3 Å². The van der Waals surface area contributed by atoms with Gasteiger partial charge in [0, 0.05) is 25.1 Å². The molecule has 2 N–H and O–H groups in total. The zero-order valence-corrected chi connectivity index (χ0v) is 16.5. The molecule has 30 heavy (non-hydrogen) atoms. The summed E-state index contributed by atoms with van der Waals surface area (Å²) in [6, 6.07) is 0.153. The topological polar surface area (TPSA) is 90.5 Å². The van der Waals surface area contributed by atoms with Gasteiger partial charge in [-0.25, -0.2) is 22.9 Å². The van der Waals surface area contributed by atoms with E-state index in [1.165, 1.54) is 7.11 Å². The lowest BCUT2D eigenvalue weighted by atomic mass is 10.0. The number of aryl methyl sites for hydroxylation is 1. The number of hydrogen-bond donors (Lipinski definition) is 1. The Hall–Kier alpha value is -2.88. The average Bonchev–Trinajstić information content (AvgIpc) is 3.37. The minimum atomic E-state index is -1.28. The predicted octanol–water partition coefficient (Wildman–Crippen LogP) is 2.18. The van der Waals surface area contributed by atoms with E-state index in [0.29, 0.717) is 30.6 Å². The smallest absolute Gasteiger partial charge is 0.358 e. The molecule has 1 aromatic heterocycles. The van der Waals surface area contributed by atoms with E-state index in [2.05, 4.69) is 4.98 Å². The summed E-state index contributed by atoms with van der Waals surface area (Å²) in [7, 11) is 1.27. The zero-order chi connectivity index (χ0) is 21.7. The lowest BCUT2D eigenvalue weighted by Gasteiger charge is -2.30. The number of aromatic nitrogens is 2. The van der Waals surface area contributed by atoms with Crippen LogP contribution in [-0.2, 0) is 16.0 Å². The van der Waals surface area contributed by atoms with Crippen LogP contribution in [0.2, 0.25) is 0 Å². The second-order valence-electron chi connectivity index (χ2n) is 7.73. The van der Waals surface area contributed by atoms with Gasteiger partial charge in [-0.3, -0.25) is 4.79 Å². The van der Waals surface area contributed by atoms with Crippen molar-refractivity contribution in [3.8, 4) is 0 Å². The number of ether oxygens (including phenoxy) is 1. The third kappa shape index (κ3) is 3.24. The largest absolute Gasteiger partial charge is 0.464 e. The third-order valence-electron chi connectivity index (χ3n) is 5.79. The van der Waals surface area contributed by atoms with Crippen LogP contribution < -0.4 is 5.73 Å². The maximum atomic E-state index is 13.9. The normalized spacial score (nSPS) is 20.4. The van der Waals surface area contributed by atoms with E-state index in [9.17, 15) is 22.8 Å². The molecule has 3 atom stereocenters. The van der Waals surface area contributed by atoms with Crippen molar-refractivity contribution >= 4 is 11.9 Å². The van der Waals surface area contributed by atoms with Gasteiger partial charge in [-0.05, 0) is 31.4 Å². The van der Waals surface area contributed by atoms with Crippen LogP contribution in [-0.4, -0.2) is 46.0 Å². The molecule has 0 aliphatic carbocycles. The summed E-state index contributed by atoms with van der Waals surface area (Å²) >= 11 is 0. The van der Waals surface area contributed by atoms with Crippen molar-refractivity contribution in [3.63, 3.8) is 0 Å². The Morgan fingerprint density at radius 3 is 2.67 bits per heavy atom. The number of carbonyl (C=O) groups excluding carboxylic acids is 2. The summed E-state index contributed by atoms with van der Waals surface area (Å²) in [5.74, 6) is -3.46. The van der Waals surface area contributed by atoms with Gasteiger partial charge in [0.05, 0.1) is 24.9 Å². The molecule has 1 amide bonds. The molecule has 10 heteroatoms. The summed E-state index contributed by atoms with van der Waals surface area (Å²) in [5, 5.41) is 0. The molecule has 2 aliphatic heterocycles. The molecular formula is C20H21F3N4O3. The van der Waals surface area contributed by atoms with E-state index in [1.54, 1.807) is 11.8 Å². The third-order valence-corrected chi connectivity index (χ3v) is 5.79. The molecule has 0 radical (unpaired) electrons. The molecule has 1 saturated heterocycles. The van der Waals surface area contributed by atoms with E-state index < -0.39 is 29.5 Å². The fraction of sp³-hybridized carbons (Fsp3) is 0.450. The number of imidazole rings is 1. The van der Waals surface area contributed by atoms with Crippen LogP contribution in [0.25, 0.3) is 0 Å². The minimum Gasteiger partial charge on any atom is -0.464 e. The molecule has 0 saturated carbocycles. The van der Waals surface area contributed by atoms with Gasteiger partial charge in [-0.1, -0.05) is 0 Å². The lowest BCUT2D eigenvalue weighted by molar-refractivity contribution is -0.133. The number of amides is 1. The van der Waals surface area contributed by atoms with E-state index in [1.807, 2.05) is 4.57 Å². The van der Waals surface area contributed by atoms with Gasteiger partial charge in [-0.2, -0.15) is 0 Å². The summed E-state index contributed by atoms with van der Waals surface area (Å²) in [5.41, 5.74) is 6.78. The number of halogens is 3. The van der Waals surface area contributed by atoms with Crippen molar-refractivity contribution in [1.82, 2.24) is 14.5 Å². The van der Waals surface area contributed by atoms with Gasteiger partial charge in [0.25, 0.3) is 0 Å². The SMILES string of the molecule is COC(=O)c1nc(C)n2c1[C@@H]1C[C@H]2CN1C(=O)C[C@H](N)Cc1cc(F)c(F)cc1F. The van der Waals surface area contributed by atoms with Gasteiger partial charge in [0.2, 0.25) is 5.91 Å². The van der Waals surface area contributed by atoms with Crippen LogP contribution >= 0.6 is 0 Å². The van der Waals surface area contributed by atoms with Crippen LogP contribution in [0.5, 0.6) is 0 Å². The molecular weight excluding hydrogens is 401 g/mol. The number of carbonyl (C=O) groups is 2. The molecule has 2 aliphatic rings. The van der Waals surface area contributed by atoms with Crippen LogP contribution in [0.4, 0.5) is 13.2 Å². The van der Waals surface area contributed by atoms with Crippen molar-refractivity contribution < 1.29 is 27.5 Å². The van der Waals surface area contributed by atoms with Gasteiger partial charge in [0.1, 0.15) is 11.6 Å². The molecule has 0 unspecified atom stereocenters. The Kier molecular flexibility index (Phi) is 5.05. The summed E-state index contributed by atoms with van der Waals surface area (Å²) in [6.45, 7) is 2.26. The molecule has 0 spiro atoms. The molecule has 1 fully saturated rings. The maximum absolute atomic E-state index is 13.9. The quantitative estimate of drug-likeness (QED) is 0.589. The molecule has 1 aromatic carbocycles. The van der Waals surface area contributed by atoms with Crippen molar-refractivity contribution in [3.05, 3.63) is 52.4 Å². The minimum absolute atomic E-state index is 0.0136. The van der Waals surface area contributed by atoms with Gasteiger partial charge in [0.15, 0.2) is 17.3 Å². The first kappa shape index (κ1) is 20.4. The molecule has 7 nitrogen and oxygen atoms in total. The van der Waals surface area contributed by atoms with Gasteiger partial charge >= 0.3 is 5.97 Å². The first-order chi connectivity index (χ1) is 14.2. The van der Waals surface area contributed by atoms with Crippen molar-refractivity contribution in [2.75, 3.05) is 13.7 Å². The lowest BCUT2D eigenvalue weighted by Crippen LogP contribution is -2.39. The highest BCUT2D eigenvalue weighted by Crippen LogP contribution is 2.48. The molecule has 160 valence electrons. The number of benzene rings is 1. The van der Waals surface area contributed by atoms with E-state index in [-0.39, 0.29) is 42.1 Å².